The van der Waals surface area contributed by atoms with E-state index in [1.165, 1.54) is 17.8 Å². The number of carbonyl (C=O) groups excluding carboxylic acids is 1. The molecule has 142 valence electrons. The molecule has 2 aromatic rings. The number of hydrogen-bond donors (Lipinski definition) is 0. The van der Waals surface area contributed by atoms with Gasteiger partial charge < -0.3 is 9.80 Å². The van der Waals surface area contributed by atoms with Crippen molar-refractivity contribution in [1.29, 1.82) is 0 Å². The molecule has 0 spiro atoms. The number of nitrogens with zero attached hydrogens (tertiary/aromatic N) is 3. The summed E-state index contributed by atoms with van der Waals surface area (Å²) in [6, 6.07) is 12.3. The van der Waals surface area contributed by atoms with Crippen LogP contribution < -0.4 is 4.90 Å². The summed E-state index contributed by atoms with van der Waals surface area (Å²) in [7, 11) is 0. The molecule has 0 N–H and O–H groups in total. The molecule has 0 unspecified atom stereocenters. The third-order valence-corrected chi connectivity index (χ3v) is 5.84. The average Bonchev–Trinajstić information content (AvgIpc) is 2.68. The highest BCUT2D eigenvalue weighted by molar-refractivity contribution is 8.00. The molecule has 0 radical (unpaired) electrons. The fraction of sp³-hybridized carbons (Fsp3) is 0.316. The number of aryl methyl sites for hydroxylation is 1. The first-order chi connectivity index (χ1) is 13.0. The first kappa shape index (κ1) is 19.5. The number of hydrogen-bond acceptors (Lipinski definition) is 5. The van der Waals surface area contributed by atoms with Crippen LogP contribution in [0.3, 0.4) is 0 Å². The number of para-hydroxylation sites is 1. The largest absolute Gasteiger partial charge is 0.368 e. The molecule has 1 aliphatic rings. The van der Waals surface area contributed by atoms with Crippen LogP contribution in [0.15, 0.2) is 47.4 Å². The van der Waals surface area contributed by atoms with E-state index in [4.69, 9.17) is 11.6 Å². The maximum absolute atomic E-state index is 12.5. The number of amides is 1. The van der Waals surface area contributed by atoms with E-state index in [1.807, 2.05) is 30.0 Å². The van der Waals surface area contributed by atoms with Crippen molar-refractivity contribution in [2.45, 2.75) is 11.8 Å². The molecular formula is C19H20ClN3O3S. The number of nitro benzene ring substituents is 1. The van der Waals surface area contributed by atoms with E-state index in [0.717, 1.165) is 24.3 Å². The lowest BCUT2D eigenvalue weighted by molar-refractivity contribution is -0.387. The molecule has 0 aromatic heterocycles. The van der Waals surface area contributed by atoms with Crippen molar-refractivity contribution in [3.63, 3.8) is 0 Å². The molecule has 0 saturated carbocycles. The van der Waals surface area contributed by atoms with Crippen LogP contribution in [0.4, 0.5) is 11.4 Å². The van der Waals surface area contributed by atoms with E-state index in [9.17, 15) is 14.9 Å². The minimum atomic E-state index is -0.418. The van der Waals surface area contributed by atoms with Gasteiger partial charge in [0.1, 0.15) is 0 Å². The zero-order chi connectivity index (χ0) is 19.4. The molecular weight excluding hydrogens is 386 g/mol. The Balaban J connectivity index is 1.56. The molecule has 0 aliphatic carbocycles. The van der Waals surface area contributed by atoms with Gasteiger partial charge in [0.2, 0.25) is 5.91 Å². The molecule has 27 heavy (non-hydrogen) atoms. The number of piperazine rings is 1. The summed E-state index contributed by atoms with van der Waals surface area (Å²) in [5, 5.41) is 11.8. The van der Waals surface area contributed by atoms with E-state index in [-0.39, 0.29) is 17.3 Å². The van der Waals surface area contributed by atoms with Crippen LogP contribution in [0.5, 0.6) is 0 Å². The second kappa shape index (κ2) is 8.63. The second-order valence-electron chi connectivity index (χ2n) is 6.31. The molecule has 1 amide bonds. The lowest BCUT2D eigenvalue weighted by atomic mass is 10.1. The lowest BCUT2D eigenvalue weighted by Crippen LogP contribution is -2.49. The van der Waals surface area contributed by atoms with Crippen LogP contribution in [0, 0.1) is 17.0 Å². The van der Waals surface area contributed by atoms with Gasteiger partial charge >= 0.3 is 0 Å². The highest BCUT2D eigenvalue weighted by atomic mass is 35.5. The summed E-state index contributed by atoms with van der Waals surface area (Å²) in [6.45, 7) is 4.78. The molecule has 1 heterocycles. The fourth-order valence-corrected chi connectivity index (χ4v) is 4.17. The number of benzene rings is 2. The van der Waals surface area contributed by atoms with Crippen molar-refractivity contribution >= 4 is 40.6 Å². The molecule has 3 rings (SSSR count). The van der Waals surface area contributed by atoms with Crippen molar-refractivity contribution in [1.82, 2.24) is 4.90 Å². The third-order valence-electron chi connectivity index (χ3n) is 4.56. The summed E-state index contributed by atoms with van der Waals surface area (Å²) in [6.07, 6.45) is 0. The summed E-state index contributed by atoms with van der Waals surface area (Å²) < 4.78 is 0. The minimum absolute atomic E-state index is 0.000571. The fourth-order valence-electron chi connectivity index (χ4n) is 3.08. The molecule has 1 aliphatic heterocycles. The van der Waals surface area contributed by atoms with Gasteiger partial charge in [-0.25, -0.2) is 0 Å². The summed E-state index contributed by atoms with van der Waals surface area (Å²) in [4.78, 5) is 27.7. The zero-order valence-electron chi connectivity index (χ0n) is 14.9. The number of anilines is 1. The minimum Gasteiger partial charge on any atom is -0.368 e. The molecule has 0 atom stereocenters. The van der Waals surface area contributed by atoms with Crippen LogP contribution in [-0.2, 0) is 4.79 Å². The number of halogens is 1. The van der Waals surface area contributed by atoms with Crippen LogP contribution >= 0.6 is 23.4 Å². The Hall–Kier alpha value is -2.25. The van der Waals surface area contributed by atoms with Gasteiger partial charge in [-0.3, -0.25) is 14.9 Å². The summed E-state index contributed by atoms with van der Waals surface area (Å²) in [5.74, 6) is 0.196. The predicted molar refractivity (Wildman–Crippen MR) is 109 cm³/mol. The van der Waals surface area contributed by atoms with Crippen LogP contribution in [0.1, 0.15) is 5.56 Å². The Kier molecular flexibility index (Phi) is 6.23. The van der Waals surface area contributed by atoms with Crippen molar-refractivity contribution in [3.8, 4) is 0 Å². The Morgan fingerprint density at radius 3 is 2.59 bits per heavy atom. The average molecular weight is 406 g/mol. The molecule has 6 nitrogen and oxygen atoms in total. The standard InChI is InChI=1S/C19H20ClN3O3S/c1-14-6-7-15(20)12-17(14)21-8-10-22(11-9-21)19(24)13-27-18-5-3-2-4-16(18)23(25)26/h2-7,12H,8-11,13H2,1H3. The van der Waals surface area contributed by atoms with Gasteiger partial charge in [0.25, 0.3) is 5.69 Å². The van der Waals surface area contributed by atoms with E-state index in [2.05, 4.69) is 4.90 Å². The lowest BCUT2D eigenvalue weighted by Gasteiger charge is -2.36. The number of thioether (sulfide) groups is 1. The van der Waals surface area contributed by atoms with Gasteiger partial charge in [0.05, 0.1) is 15.6 Å². The Labute approximate surface area is 167 Å². The third kappa shape index (κ3) is 4.73. The van der Waals surface area contributed by atoms with Gasteiger partial charge in [-0.2, -0.15) is 0 Å². The maximum atomic E-state index is 12.5. The van der Waals surface area contributed by atoms with E-state index < -0.39 is 4.92 Å². The topological polar surface area (TPSA) is 66.7 Å². The summed E-state index contributed by atoms with van der Waals surface area (Å²) in [5.41, 5.74) is 2.30. The van der Waals surface area contributed by atoms with Gasteiger partial charge in [0.15, 0.2) is 0 Å². The zero-order valence-corrected chi connectivity index (χ0v) is 16.5. The van der Waals surface area contributed by atoms with E-state index >= 15 is 0 Å². The van der Waals surface area contributed by atoms with Crippen LogP contribution in [0.25, 0.3) is 0 Å². The molecule has 0 bridgehead atoms. The van der Waals surface area contributed by atoms with Gasteiger partial charge in [-0.15, -0.1) is 11.8 Å². The Morgan fingerprint density at radius 2 is 1.89 bits per heavy atom. The van der Waals surface area contributed by atoms with Crippen molar-refractivity contribution in [2.75, 3.05) is 36.8 Å². The number of rotatable bonds is 5. The van der Waals surface area contributed by atoms with Gasteiger partial charge in [-0.1, -0.05) is 29.8 Å². The van der Waals surface area contributed by atoms with Gasteiger partial charge in [-0.05, 0) is 30.7 Å². The SMILES string of the molecule is Cc1ccc(Cl)cc1N1CCN(C(=O)CSc2ccccc2[N+](=O)[O-])CC1. The molecule has 1 saturated heterocycles. The van der Waals surface area contributed by atoms with E-state index in [1.54, 1.807) is 18.2 Å². The monoisotopic (exact) mass is 405 g/mol. The highest BCUT2D eigenvalue weighted by Gasteiger charge is 2.23. The maximum Gasteiger partial charge on any atom is 0.282 e. The molecule has 1 fully saturated rings. The summed E-state index contributed by atoms with van der Waals surface area (Å²) >= 11 is 7.32. The normalized spacial score (nSPS) is 14.3. The molecule has 2 aromatic carbocycles. The Morgan fingerprint density at radius 1 is 1.19 bits per heavy atom. The number of carbonyl (C=O) groups is 1. The molecule has 8 heteroatoms. The van der Waals surface area contributed by atoms with Crippen molar-refractivity contribution in [2.24, 2.45) is 0 Å². The smallest absolute Gasteiger partial charge is 0.282 e. The first-order valence-corrected chi connectivity index (χ1v) is 9.97. The number of nitro groups is 1. The van der Waals surface area contributed by atoms with E-state index in [0.29, 0.717) is 23.0 Å². The highest BCUT2D eigenvalue weighted by Crippen LogP contribution is 2.29. The van der Waals surface area contributed by atoms with Gasteiger partial charge in [0, 0.05) is 43.0 Å². The predicted octanol–water partition coefficient (Wildman–Crippen LogP) is 4.00. The van der Waals surface area contributed by atoms with Crippen molar-refractivity contribution < 1.29 is 9.72 Å². The first-order valence-electron chi connectivity index (χ1n) is 8.61. The quantitative estimate of drug-likeness (QED) is 0.427. The second-order valence-corrected chi connectivity index (χ2v) is 7.77. The van der Waals surface area contributed by atoms with Crippen molar-refractivity contribution in [3.05, 3.63) is 63.2 Å². The Bertz CT molecular complexity index is 854. The van der Waals surface area contributed by atoms with Crippen LogP contribution in [0.2, 0.25) is 5.02 Å². The van der Waals surface area contributed by atoms with Crippen LogP contribution in [-0.4, -0.2) is 47.7 Å².